The minimum absolute atomic E-state index is 0.336. The van der Waals surface area contributed by atoms with Crippen LogP contribution in [0.1, 0.15) is 24.0 Å². The van der Waals surface area contributed by atoms with E-state index in [1.165, 1.54) is 11.1 Å². The van der Waals surface area contributed by atoms with Gasteiger partial charge < -0.3 is 9.84 Å². The van der Waals surface area contributed by atoms with E-state index in [0.29, 0.717) is 12.5 Å². The fraction of sp³-hybridized carbons (Fsp3) is 0.533. The number of carboxylic acids is 1. The molecule has 1 aromatic rings. The maximum Gasteiger partial charge on any atom is 0.321 e. The molecule has 0 aliphatic carbocycles. The highest BCUT2D eigenvalue weighted by Crippen LogP contribution is 2.28. The van der Waals surface area contributed by atoms with E-state index in [0.717, 1.165) is 32.6 Å². The number of carboxylic acid groups (broad SMARTS) is 1. The fourth-order valence-corrected chi connectivity index (χ4v) is 3.17. The van der Waals surface area contributed by atoms with Crippen LogP contribution in [0.5, 0.6) is 0 Å². The van der Waals surface area contributed by atoms with E-state index < -0.39 is 12.0 Å². The second-order valence-corrected chi connectivity index (χ2v) is 5.34. The van der Waals surface area contributed by atoms with Crippen LogP contribution in [-0.4, -0.2) is 41.3 Å². The summed E-state index contributed by atoms with van der Waals surface area (Å²) in [7, 11) is 0. The van der Waals surface area contributed by atoms with Crippen molar-refractivity contribution >= 4 is 5.97 Å². The van der Waals surface area contributed by atoms with Gasteiger partial charge in [0.1, 0.15) is 6.04 Å². The molecule has 102 valence electrons. The van der Waals surface area contributed by atoms with Gasteiger partial charge in [-0.05, 0) is 30.4 Å². The Kier molecular flexibility index (Phi) is 3.53. The van der Waals surface area contributed by atoms with E-state index >= 15 is 0 Å². The summed E-state index contributed by atoms with van der Waals surface area (Å²) in [6.07, 6.45) is 2.49. The van der Waals surface area contributed by atoms with Gasteiger partial charge in [0.2, 0.25) is 0 Å². The molecule has 4 heteroatoms. The smallest absolute Gasteiger partial charge is 0.321 e. The molecule has 1 saturated heterocycles. The second kappa shape index (κ2) is 5.31. The first-order valence-corrected chi connectivity index (χ1v) is 6.89. The third-order valence-electron chi connectivity index (χ3n) is 4.23. The van der Waals surface area contributed by atoms with Crippen LogP contribution in [0.2, 0.25) is 0 Å². The zero-order valence-corrected chi connectivity index (χ0v) is 10.9. The van der Waals surface area contributed by atoms with Crippen molar-refractivity contribution in [2.45, 2.75) is 37.9 Å². The number of benzene rings is 1. The first kappa shape index (κ1) is 12.6. The summed E-state index contributed by atoms with van der Waals surface area (Å²) >= 11 is 0. The van der Waals surface area contributed by atoms with Gasteiger partial charge >= 0.3 is 5.97 Å². The van der Waals surface area contributed by atoms with E-state index in [9.17, 15) is 9.90 Å². The maximum atomic E-state index is 11.5. The van der Waals surface area contributed by atoms with Crippen LogP contribution in [0, 0.1) is 0 Å². The summed E-state index contributed by atoms with van der Waals surface area (Å²) in [5.74, 6) is -0.707. The average molecular weight is 261 g/mol. The highest BCUT2D eigenvalue weighted by atomic mass is 16.5. The largest absolute Gasteiger partial charge is 0.480 e. The van der Waals surface area contributed by atoms with Crippen LogP contribution in [0.15, 0.2) is 24.3 Å². The molecular weight excluding hydrogens is 242 g/mol. The van der Waals surface area contributed by atoms with Crippen molar-refractivity contribution in [3.8, 4) is 0 Å². The first-order valence-electron chi connectivity index (χ1n) is 6.89. The second-order valence-electron chi connectivity index (χ2n) is 5.34. The number of ether oxygens (including phenoxy) is 1. The van der Waals surface area contributed by atoms with Crippen LogP contribution < -0.4 is 0 Å². The minimum Gasteiger partial charge on any atom is -0.480 e. The highest BCUT2D eigenvalue weighted by Gasteiger charge is 2.36. The molecule has 0 spiro atoms. The van der Waals surface area contributed by atoms with Gasteiger partial charge in [-0.1, -0.05) is 24.3 Å². The Balaban J connectivity index is 1.86. The average Bonchev–Trinajstić information content (AvgIpc) is 2.46. The highest BCUT2D eigenvalue weighted by molar-refractivity contribution is 5.74. The first-order chi connectivity index (χ1) is 9.25. The molecular formula is C15H19NO3. The lowest BCUT2D eigenvalue weighted by Gasteiger charge is -2.41. The van der Waals surface area contributed by atoms with E-state index in [-0.39, 0.29) is 0 Å². The Bertz CT molecular complexity index is 468. The molecule has 3 rings (SSSR count). The molecule has 0 saturated carbocycles. The topological polar surface area (TPSA) is 49.8 Å². The zero-order valence-electron chi connectivity index (χ0n) is 10.9. The molecule has 0 bridgehead atoms. The van der Waals surface area contributed by atoms with E-state index in [2.05, 4.69) is 11.0 Å². The molecule has 19 heavy (non-hydrogen) atoms. The van der Waals surface area contributed by atoms with Gasteiger partial charge in [0, 0.05) is 25.8 Å². The summed E-state index contributed by atoms with van der Waals surface area (Å²) in [6.45, 7) is 2.24. The molecule has 4 nitrogen and oxygen atoms in total. The lowest BCUT2D eigenvalue weighted by molar-refractivity contribution is -0.146. The van der Waals surface area contributed by atoms with Crippen molar-refractivity contribution in [3.05, 3.63) is 35.4 Å². The number of hydrogen-bond donors (Lipinski definition) is 1. The lowest BCUT2D eigenvalue weighted by atomic mass is 9.91. The normalized spacial score (nSPS) is 24.9. The molecule has 1 N–H and O–H groups in total. The number of carbonyl (C=O) groups is 1. The van der Waals surface area contributed by atoms with Crippen molar-refractivity contribution in [2.75, 3.05) is 13.2 Å². The number of fused-ring (bicyclic) bond motifs is 1. The quantitative estimate of drug-likeness (QED) is 0.880. The molecule has 1 atom stereocenters. The molecule has 2 aliphatic rings. The Labute approximate surface area is 113 Å². The number of nitrogens with zero attached hydrogens (tertiary/aromatic N) is 1. The standard InChI is InChI=1S/C15H19NO3/c17-15(18)14-9-11-3-1-2-4-12(11)10-16(14)13-5-7-19-8-6-13/h1-4,13-14H,5-10H2,(H,17,18)/t14-/m0/s1. The SMILES string of the molecule is O=C(O)[C@@H]1Cc2ccccc2CN1C1CCOCC1. The molecule has 2 heterocycles. The van der Waals surface area contributed by atoms with Crippen molar-refractivity contribution in [1.82, 2.24) is 4.90 Å². The van der Waals surface area contributed by atoms with Gasteiger partial charge in [0.15, 0.2) is 0 Å². The monoisotopic (exact) mass is 261 g/mol. The molecule has 1 aromatic carbocycles. The van der Waals surface area contributed by atoms with Gasteiger partial charge in [-0.2, -0.15) is 0 Å². The van der Waals surface area contributed by atoms with Crippen LogP contribution >= 0.6 is 0 Å². The summed E-state index contributed by atoms with van der Waals surface area (Å²) < 4.78 is 5.38. The summed E-state index contributed by atoms with van der Waals surface area (Å²) in [5, 5.41) is 9.49. The third kappa shape index (κ3) is 2.51. The molecule has 0 aromatic heterocycles. The third-order valence-corrected chi connectivity index (χ3v) is 4.23. The van der Waals surface area contributed by atoms with Crippen LogP contribution in [0.4, 0.5) is 0 Å². The molecule has 0 amide bonds. The summed E-state index contributed by atoms with van der Waals surface area (Å²) in [6, 6.07) is 8.12. The van der Waals surface area contributed by atoms with Crippen molar-refractivity contribution in [1.29, 1.82) is 0 Å². The number of hydrogen-bond acceptors (Lipinski definition) is 3. The number of rotatable bonds is 2. The fourth-order valence-electron chi connectivity index (χ4n) is 3.17. The van der Waals surface area contributed by atoms with Gasteiger partial charge in [-0.25, -0.2) is 0 Å². The van der Waals surface area contributed by atoms with Gasteiger partial charge in [-0.15, -0.1) is 0 Å². The van der Waals surface area contributed by atoms with Gasteiger partial charge in [0.25, 0.3) is 0 Å². The van der Waals surface area contributed by atoms with E-state index in [1.54, 1.807) is 0 Å². The summed E-state index contributed by atoms with van der Waals surface area (Å²) in [5.41, 5.74) is 2.45. The summed E-state index contributed by atoms with van der Waals surface area (Å²) in [4.78, 5) is 13.7. The minimum atomic E-state index is -0.707. The number of aliphatic carboxylic acids is 1. The Morgan fingerprint density at radius 2 is 1.89 bits per heavy atom. The Morgan fingerprint density at radius 3 is 2.58 bits per heavy atom. The molecule has 0 unspecified atom stereocenters. The molecule has 0 radical (unpaired) electrons. The van der Waals surface area contributed by atoms with Crippen LogP contribution in [-0.2, 0) is 22.5 Å². The predicted molar refractivity (Wildman–Crippen MR) is 71.0 cm³/mol. The predicted octanol–water partition coefficient (Wildman–Crippen LogP) is 1.68. The zero-order chi connectivity index (χ0) is 13.2. The van der Waals surface area contributed by atoms with Crippen molar-refractivity contribution in [3.63, 3.8) is 0 Å². The van der Waals surface area contributed by atoms with Crippen molar-refractivity contribution in [2.24, 2.45) is 0 Å². The van der Waals surface area contributed by atoms with Gasteiger partial charge in [0.05, 0.1) is 0 Å². The van der Waals surface area contributed by atoms with Crippen molar-refractivity contribution < 1.29 is 14.6 Å². The Morgan fingerprint density at radius 1 is 1.21 bits per heavy atom. The lowest BCUT2D eigenvalue weighted by Crippen LogP contribution is -2.52. The molecule has 1 fully saturated rings. The van der Waals surface area contributed by atoms with Crippen LogP contribution in [0.25, 0.3) is 0 Å². The Hall–Kier alpha value is -1.39. The van der Waals surface area contributed by atoms with Gasteiger partial charge in [-0.3, -0.25) is 9.69 Å². The van der Waals surface area contributed by atoms with E-state index in [1.807, 2.05) is 18.2 Å². The maximum absolute atomic E-state index is 11.5. The van der Waals surface area contributed by atoms with E-state index in [4.69, 9.17) is 4.74 Å². The molecule has 2 aliphatic heterocycles. The van der Waals surface area contributed by atoms with Crippen LogP contribution in [0.3, 0.4) is 0 Å².